The van der Waals surface area contributed by atoms with Crippen LogP contribution in [0.25, 0.3) is 22.3 Å². The Morgan fingerprint density at radius 1 is 0.619 bits per heavy atom. The maximum absolute atomic E-state index is 4.69. The van der Waals surface area contributed by atoms with Crippen LogP contribution in [-0.2, 0) is 0 Å². The molecule has 21 heavy (non-hydrogen) atoms. The Kier molecular flexibility index (Phi) is 3.85. The first kappa shape index (κ1) is 14.0. The summed E-state index contributed by atoms with van der Waals surface area (Å²) in [6.07, 6.45) is 0. The van der Waals surface area contributed by atoms with E-state index < -0.39 is 0 Å². The predicted octanol–water partition coefficient (Wildman–Crippen LogP) is 5.93. The fourth-order valence-corrected chi connectivity index (χ4v) is 2.87. The zero-order chi connectivity index (χ0) is 14.8. The van der Waals surface area contributed by atoms with E-state index in [1.807, 2.05) is 6.07 Å². The molecule has 0 saturated heterocycles. The number of hydrogen-bond acceptors (Lipinski definition) is 1. The third-order valence-corrected chi connectivity index (χ3v) is 4.47. The third-order valence-electron chi connectivity index (χ3n) is 3.87. The van der Waals surface area contributed by atoms with Crippen molar-refractivity contribution in [2.75, 3.05) is 0 Å². The van der Waals surface area contributed by atoms with Crippen LogP contribution in [0.5, 0.6) is 0 Å². The van der Waals surface area contributed by atoms with Crippen molar-refractivity contribution in [1.29, 1.82) is 0 Å². The predicted molar refractivity (Wildman–Crippen MR) is 94.0 cm³/mol. The molecule has 0 aliphatic rings. The van der Waals surface area contributed by atoms with Crippen molar-refractivity contribution >= 4 is 12.6 Å². The smallest absolute Gasteiger partial charge is 0.0148 e. The molecule has 0 aliphatic carbocycles. The molecule has 3 aromatic carbocycles. The molecule has 3 rings (SSSR count). The Morgan fingerprint density at radius 3 is 2.14 bits per heavy atom. The van der Waals surface area contributed by atoms with Crippen LogP contribution in [0.3, 0.4) is 0 Å². The van der Waals surface area contributed by atoms with E-state index in [2.05, 4.69) is 74.5 Å². The summed E-state index contributed by atoms with van der Waals surface area (Å²) in [5.74, 6) is 0. The highest BCUT2D eigenvalue weighted by Gasteiger charge is 2.09. The Labute approximate surface area is 131 Å². The van der Waals surface area contributed by atoms with E-state index in [9.17, 15) is 0 Å². The SMILES string of the molecule is Cc1ccc(-c2ccccc2)cc1-c1cccc(C)c1S. The number of benzene rings is 3. The lowest BCUT2D eigenvalue weighted by Gasteiger charge is -2.13. The van der Waals surface area contributed by atoms with E-state index in [4.69, 9.17) is 12.6 Å². The molecule has 104 valence electrons. The van der Waals surface area contributed by atoms with Gasteiger partial charge in [0.15, 0.2) is 0 Å². The maximum atomic E-state index is 4.69. The van der Waals surface area contributed by atoms with Gasteiger partial charge in [-0.2, -0.15) is 0 Å². The average molecular weight is 290 g/mol. The highest BCUT2D eigenvalue weighted by Crippen LogP contribution is 2.34. The van der Waals surface area contributed by atoms with Gasteiger partial charge in [-0.15, -0.1) is 12.6 Å². The summed E-state index contributed by atoms with van der Waals surface area (Å²) in [6.45, 7) is 4.25. The van der Waals surface area contributed by atoms with Crippen molar-refractivity contribution < 1.29 is 0 Å². The maximum Gasteiger partial charge on any atom is 0.0148 e. The van der Waals surface area contributed by atoms with Gasteiger partial charge in [-0.25, -0.2) is 0 Å². The molecule has 0 radical (unpaired) electrons. The Morgan fingerprint density at radius 2 is 1.38 bits per heavy atom. The Balaban J connectivity index is 2.17. The van der Waals surface area contributed by atoms with Gasteiger partial charge in [-0.05, 0) is 53.3 Å². The van der Waals surface area contributed by atoms with Crippen LogP contribution in [0.2, 0.25) is 0 Å². The topological polar surface area (TPSA) is 0 Å². The molecule has 1 heteroatoms. The molecule has 0 atom stereocenters. The van der Waals surface area contributed by atoms with Gasteiger partial charge in [0.1, 0.15) is 0 Å². The molecule has 0 N–H and O–H groups in total. The van der Waals surface area contributed by atoms with Gasteiger partial charge in [0, 0.05) is 4.90 Å². The lowest BCUT2D eigenvalue weighted by Crippen LogP contribution is -1.89. The zero-order valence-corrected chi connectivity index (χ0v) is 13.2. The van der Waals surface area contributed by atoms with Crippen molar-refractivity contribution in [3.63, 3.8) is 0 Å². The standard InChI is InChI=1S/C20H18S/c1-14-11-12-17(16-8-4-3-5-9-16)13-19(14)18-10-6-7-15(2)20(18)21/h3-13,21H,1-2H3. The quantitative estimate of drug-likeness (QED) is 0.556. The molecule has 0 spiro atoms. The van der Waals surface area contributed by atoms with Gasteiger partial charge < -0.3 is 0 Å². The molecule has 0 fully saturated rings. The molecule has 0 heterocycles. The first-order chi connectivity index (χ1) is 10.2. The van der Waals surface area contributed by atoms with Gasteiger partial charge in [0.05, 0.1) is 0 Å². The highest BCUT2D eigenvalue weighted by molar-refractivity contribution is 7.80. The van der Waals surface area contributed by atoms with Crippen LogP contribution in [0, 0.1) is 13.8 Å². The normalized spacial score (nSPS) is 10.6. The molecule has 0 aromatic heterocycles. The van der Waals surface area contributed by atoms with Crippen molar-refractivity contribution in [2.24, 2.45) is 0 Å². The molecule has 3 aromatic rings. The second-order valence-corrected chi connectivity index (χ2v) is 5.81. The summed E-state index contributed by atoms with van der Waals surface area (Å²) in [7, 11) is 0. The molecule has 0 nitrogen and oxygen atoms in total. The number of aryl methyl sites for hydroxylation is 2. The monoisotopic (exact) mass is 290 g/mol. The minimum Gasteiger partial charge on any atom is -0.143 e. The fraction of sp³-hybridized carbons (Fsp3) is 0.100. The molecule has 0 saturated carbocycles. The van der Waals surface area contributed by atoms with Gasteiger partial charge in [-0.3, -0.25) is 0 Å². The number of rotatable bonds is 2. The molecule has 0 bridgehead atoms. The van der Waals surface area contributed by atoms with E-state index >= 15 is 0 Å². The number of hydrogen-bond donors (Lipinski definition) is 1. The zero-order valence-electron chi connectivity index (χ0n) is 12.3. The van der Waals surface area contributed by atoms with Crippen molar-refractivity contribution in [3.05, 3.63) is 77.9 Å². The van der Waals surface area contributed by atoms with E-state index in [-0.39, 0.29) is 0 Å². The van der Waals surface area contributed by atoms with E-state index in [1.165, 1.54) is 33.4 Å². The van der Waals surface area contributed by atoms with Crippen LogP contribution in [0.4, 0.5) is 0 Å². The fourth-order valence-electron chi connectivity index (χ4n) is 2.60. The van der Waals surface area contributed by atoms with Gasteiger partial charge in [-0.1, -0.05) is 60.7 Å². The van der Waals surface area contributed by atoms with E-state index in [0.717, 1.165) is 4.90 Å². The minimum absolute atomic E-state index is 1.06. The summed E-state index contributed by atoms with van der Waals surface area (Å²) in [6, 6.07) is 23.5. The third kappa shape index (κ3) is 2.74. The van der Waals surface area contributed by atoms with Gasteiger partial charge in [0.2, 0.25) is 0 Å². The first-order valence-electron chi connectivity index (χ1n) is 7.12. The summed E-state index contributed by atoms with van der Waals surface area (Å²) in [5.41, 5.74) is 7.42. The van der Waals surface area contributed by atoms with Crippen molar-refractivity contribution in [1.82, 2.24) is 0 Å². The summed E-state index contributed by atoms with van der Waals surface area (Å²) in [5, 5.41) is 0. The van der Waals surface area contributed by atoms with Crippen LogP contribution < -0.4 is 0 Å². The first-order valence-corrected chi connectivity index (χ1v) is 7.56. The lowest BCUT2D eigenvalue weighted by molar-refractivity contribution is 1.30. The minimum atomic E-state index is 1.06. The van der Waals surface area contributed by atoms with E-state index in [0.29, 0.717) is 0 Å². The molecular formula is C20H18S. The van der Waals surface area contributed by atoms with Crippen LogP contribution in [0.1, 0.15) is 11.1 Å². The van der Waals surface area contributed by atoms with Crippen LogP contribution >= 0.6 is 12.6 Å². The van der Waals surface area contributed by atoms with Crippen molar-refractivity contribution in [3.8, 4) is 22.3 Å². The molecule has 0 aliphatic heterocycles. The van der Waals surface area contributed by atoms with Crippen LogP contribution in [-0.4, -0.2) is 0 Å². The summed E-state index contributed by atoms with van der Waals surface area (Å²) in [4.78, 5) is 1.06. The average Bonchev–Trinajstić information content (AvgIpc) is 2.52. The number of thiol groups is 1. The largest absolute Gasteiger partial charge is 0.143 e. The summed E-state index contributed by atoms with van der Waals surface area (Å²) < 4.78 is 0. The Hall–Kier alpha value is -1.99. The van der Waals surface area contributed by atoms with Crippen LogP contribution in [0.15, 0.2) is 71.6 Å². The summed E-state index contributed by atoms with van der Waals surface area (Å²) >= 11 is 4.69. The Bertz CT molecular complexity index is 773. The highest BCUT2D eigenvalue weighted by atomic mass is 32.1. The second-order valence-electron chi connectivity index (χ2n) is 5.37. The van der Waals surface area contributed by atoms with E-state index in [1.54, 1.807) is 0 Å². The lowest BCUT2D eigenvalue weighted by atomic mass is 9.94. The molecule has 0 amide bonds. The molecule has 0 unspecified atom stereocenters. The van der Waals surface area contributed by atoms with Gasteiger partial charge >= 0.3 is 0 Å². The second kappa shape index (κ2) is 5.79. The van der Waals surface area contributed by atoms with Crippen molar-refractivity contribution in [2.45, 2.75) is 18.7 Å². The molecular weight excluding hydrogens is 272 g/mol. The van der Waals surface area contributed by atoms with Gasteiger partial charge in [0.25, 0.3) is 0 Å².